The van der Waals surface area contributed by atoms with E-state index in [1.165, 1.54) is 36.7 Å². The smallest absolute Gasteiger partial charge is 0.222 e. The molecule has 2 rings (SSSR count). The molecular formula is C10H6FN2O. The van der Waals surface area contributed by atoms with E-state index in [1.807, 2.05) is 0 Å². The van der Waals surface area contributed by atoms with Crippen LogP contribution in [0.5, 0.6) is 11.6 Å². The van der Waals surface area contributed by atoms with Crippen molar-refractivity contribution in [1.29, 1.82) is 0 Å². The fourth-order valence-corrected chi connectivity index (χ4v) is 0.928. The van der Waals surface area contributed by atoms with Crippen LogP contribution in [0.15, 0.2) is 36.7 Å². The van der Waals surface area contributed by atoms with Gasteiger partial charge < -0.3 is 4.74 Å². The molecule has 0 N–H and O–H groups in total. The molecule has 14 heavy (non-hydrogen) atoms. The Labute approximate surface area is 80.2 Å². The number of rotatable bonds is 2. The first-order chi connectivity index (χ1) is 6.84. The van der Waals surface area contributed by atoms with Crippen molar-refractivity contribution in [3.63, 3.8) is 0 Å². The van der Waals surface area contributed by atoms with Gasteiger partial charge in [-0.25, -0.2) is 14.4 Å². The SMILES string of the molecule is Fc1ccc(Oc2c[c]ncn2)cc1. The lowest BCUT2D eigenvalue weighted by molar-refractivity contribution is 0.459. The van der Waals surface area contributed by atoms with Gasteiger partial charge in [0.05, 0.1) is 6.20 Å². The van der Waals surface area contributed by atoms with Crippen molar-refractivity contribution in [3.8, 4) is 11.6 Å². The quantitative estimate of drug-likeness (QED) is 0.726. The van der Waals surface area contributed by atoms with Crippen molar-refractivity contribution in [2.24, 2.45) is 0 Å². The van der Waals surface area contributed by atoms with Crippen molar-refractivity contribution in [2.75, 3.05) is 0 Å². The van der Waals surface area contributed by atoms with E-state index >= 15 is 0 Å². The van der Waals surface area contributed by atoms with Crippen molar-refractivity contribution in [3.05, 3.63) is 48.7 Å². The highest BCUT2D eigenvalue weighted by atomic mass is 19.1. The molecule has 0 atom stereocenters. The Morgan fingerprint density at radius 2 is 2.00 bits per heavy atom. The van der Waals surface area contributed by atoms with Gasteiger partial charge in [0.15, 0.2) is 0 Å². The minimum atomic E-state index is -0.299. The second-order valence-corrected chi connectivity index (χ2v) is 2.54. The van der Waals surface area contributed by atoms with Crippen LogP contribution >= 0.6 is 0 Å². The van der Waals surface area contributed by atoms with Crippen LogP contribution in [0.25, 0.3) is 0 Å². The molecule has 0 fully saturated rings. The second-order valence-electron chi connectivity index (χ2n) is 2.54. The average Bonchev–Trinajstić information content (AvgIpc) is 2.23. The number of nitrogens with zero attached hydrogens (tertiary/aromatic N) is 2. The molecule has 1 aromatic carbocycles. The van der Waals surface area contributed by atoms with Crippen LogP contribution < -0.4 is 4.74 Å². The van der Waals surface area contributed by atoms with Gasteiger partial charge in [-0.1, -0.05) is 0 Å². The van der Waals surface area contributed by atoms with E-state index in [0.29, 0.717) is 11.6 Å². The second kappa shape index (κ2) is 3.83. The summed E-state index contributed by atoms with van der Waals surface area (Å²) in [6, 6.07) is 7.19. The normalized spacial score (nSPS) is 9.79. The maximum atomic E-state index is 12.5. The molecule has 2 aromatic rings. The van der Waals surface area contributed by atoms with Crippen molar-refractivity contribution in [1.82, 2.24) is 9.97 Å². The van der Waals surface area contributed by atoms with Gasteiger partial charge in [0.2, 0.25) is 5.88 Å². The molecule has 0 saturated heterocycles. The monoisotopic (exact) mass is 189 g/mol. The highest BCUT2D eigenvalue weighted by molar-refractivity contribution is 5.26. The molecule has 1 heterocycles. The zero-order valence-electron chi connectivity index (χ0n) is 7.14. The summed E-state index contributed by atoms with van der Waals surface area (Å²) in [5.41, 5.74) is 0. The number of benzene rings is 1. The predicted octanol–water partition coefficient (Wildman–Crippen LogP) is 2.21. The predicted molar refractivity (Wildman–Crippen MR) is 47.3 cm³/mol. The summed E-state index contributed by atoms with van der Waals surface area (Å²) in [5, 5.41) is 0. The third-order valence-corrected chi connectivity index (χ3v) is 1.54. The van der Waals surface area contributed by atoms with Crippen LogP contribution in [0.1, 0.15) is 0 Å². The molecule has 0 aliphatic heterocycles. The lowest BCUT2D eigenvalue weighted by atomic mass is 10.3. The van der Waals surface area contributed by atoms with Gasteiger partial charge in [0, 0.05) is 6.07 Å². The lowest BCUT2D eigenvalue weighted by Gasteiger charge is -2.02. The standard InChI is InChI=1S/C10H6FN2O/c11-8-1-3-9(4-2-8)14-10-5-6-12-7-13-10/h1-5,7H. The van der Waals surface area contributed by atoms with Crippen molar-refractivity contribution >= 4 is 0 Å². The van der Waals surface area contributed by atoms with Crippen molar-refractivity contribution < 1.29 is 9.13 Å². The Balaban J connectivity index is 2.16. The van der Waals surface area contributed by atoms with E-state index in [9.17, 15) is 4.39 Å². The van der Waals surface area contributed by atoms with Gasteiger partial charge in [0.1, 0.15) is 17.9 Å². The van der Waals surface area contributed by atoms with Gasteiger partial charge in [0.25, 0.3) is 0 Å². The van der Waals surface area contributed by atoms with E-state index in [0.717, 1.165) is 0 Å². The van der Waals surface area contributed by atoms with Gasteiger partial charge in [-0.3, -0.25) is 0 Å². The molecule has 0 saturated carbocycles. The van der Waals surface area contributed by atoms with Gasteiger partial charge >= 0.3 is 0 Å². The van der Waals surface area contributed by atoms with E-state index in [1.54, 1.807) is 0 Å². The van der Waals surface area contributed by atoms with Crippen LogP contribution in [-0.4, -0.2) is 9.97 Å². The Hall–Kier alpha value is -1.97. The van der Waals surface area contributed by atoms with E-state index in [4.69, 9.17) is 4.74 Å². The molecule has 1 radical (unpaired) electrons. The molecule has 69 valence electrons. The molecule has 0 aliphatic carbocycles. The zero-order valence-corrected chi connectivity index (χ0v) is 7.14. The number of hydrogen-bond donors (Lipinski definition) is 0. The first-order valence-corrected chi connectivity index (χ1v) is 3.96. The summed E-state index contributed by atoms with van der Waals surface area (Å²) in [4.78, 5) is 7.46. The maximum Gasteiger partial charge on any atom is 0.222 e. The molecule has 0 spiro atoms. The third-order valence-electron chi connectivity index (χ3n) is 1.54. The number of aromatic nitrogens is 2. The average molecular weight is 189 g/mol. The molecule has 0 unspecified atom stereocenters. The van der Waals surface area contributed by atoms with Crippen LogP contribution in [0.2, 0.25) is 0 Å². The Kier molecular flexibility index (Phi) is 2.36. The lowest BCUT2D eigenvalue weighted by Crippen LogP contribution is -1.87. The van der Waals surface area contributed by atoms with Gasteiger partial charge in [-0.05, 0) is 24.3 Å². The summed E-state index contributed by atoms with van der Waals surface area (Å²) in [7, 11) is 0. The summed E-state index contributed by atoms with van der Waals surface area (Å²) in [5.74, 6) is 0.608. The minimum absolute atomic E-state index is 0.299. The maximum absolute atomic E-state index is 12.5. The van der Waals surface area contributed by atoms with Crippen LogP contribution in [0, 0.1) is 12.0 Å². The Bertz CT molecular complexity index is 402. The molecular weight excluding hydrogens is 183 g/mol. The van der Waals surface area contributed by atoms with E-state index < -0.39 is 0 Å². The first-order valence-electron chi connectivity index (χ1n) is 3.96. The minimum Gasteiger partial charge on any atom is -0.439 e. The summed E-state index contributed by atoms with van der Waals surface area (Å²) < 4.78 is 17.8. The van der Waals surface area contributed by atoms with Gasteiger partial charge in [-0.15, -0.1) is 0 Å². The largest absolute Gasteiger partial charge is 0.439 e. The van der Waals surface area contributed by atoms with Crippen molar-refractivity contribution in [2.45, 2.75) is 0 Å². The van der Waals surface area contributed by atoms with Gasteiger partial charge in [-0.2, -0.15) is 0 Å². The number of ether oxygens (including phenoxy) is 1. The fraction of sp³-hybridized carbons (Fsp3) is 0. The molecule has 0 amide bonds. The Morgan fingerprint density at radius 3 is 2.64 bits per heavy atom. The van der Waals surface area contributed by atoms with E-state index in [-0.39, 0.29) is 5.82 Å². The highest BCUT2D eigenvalue weighted by Gasteiger charge is 1.97. The number of halogens is 1. The number of hydrogen-bond acceptors (Lipinski definition) is 3. The molecule has 4 heteroatoms. The third kappa shape index (κ3) is 2.04. The van der Waals surface area contributed by atoms with Crippen LogP contribution in [0.3, 0.4) is 0 Å². The summed E-state index contributed by atoms with van der Waals surface area (Å²) >= 11 is 0. The van der Waals surface area contributed by atoms with Crippen LogP contribution in [-0.2, 0) is 0 Å². The Morgan fingerprint density at radius 1 is 1.21 bits per heavy atom. The molecule has 0 aliphatic rings. The highest BCUT2D eigenvalue weighted by Crippen LogP contribution is 2.17. The zero-order chi connectivity index (χ0) is 9.80. The fourth-order valence-electron chi connectivity index (χ4n) is 0.928. The topological polar surface area (TPSA) is 35.0 Å². The summed E-state index contributed by atoms with van der Waals surface area (Å²) in [6.45, 7) is 0. The van der Waals surface area contributed by atoms with Crippen LogP contribution in [0.4, 0.5) is 4.39 Å². The first kappa shape index (κ1) is 8.62. The molecule has 3 nitrogen and oxygen atoms in total. The van der Waals surface area contributed by atoms with E-state index in [2.05, 4.69) is 16.2 Å². The summed E-state index contributed by atoms with van der Waals surface area (Å²) in [6.07, 6.45) is 3.91. The molecule has 0 bridgehead atoms. The molecule has 1 aromatic heterocycles.